The summed E-state index contributed by atoms with van der Waals surface area (Å²) in [6, 6.07) is 8.33. The summed E-state index contributed by atoms with van der Waals surface area (Å²) in [6.45, 7) is -2.92. The van der Waals surface area contributed by atoms with E-state index in [0.29, 0.717) is 5.56 Å². The fourth-order valence-corrected chi connectivity index (χ4v) is 1.86. The van der Waals surface area contributed by atoms with E-state index in [1.807, 2.05) is 0 Å². The van der Waals surface area contributed by atoms with Crippen molar-refractivity contribution in [1.29, 1.82) is 0 Å². The fraction of sp³-hybridized carbons (Fsp3) is 0.133. The number of anilines is 1. The molecule has 2 aromatic rings. The van der Waals surface area contributed by atoms with E-state index < -0.39 is 18.4 Å². The topological polar surface area (TPSA) is 33.6 Å². The molecule has 128 valence electrons. The van der Waals surface area contributed by atoms with Crippen molar-refractivity contribution in [3.63, 3.8) is 0 Å². The van der Waals surface area contributed by atoms with Crippen molar-refractivity contribution in [2.75, 3.05) is 5.43 Å². The van der Waals surface area contributed by atoms with Crippen LogP contribution in [0.5, 0.6) is 5.75 Å². The molecule has 1 N–H and O–H groups in total. The van der Waals surface area contributed by atoms with Crippen LogP contribution in [-0.2, 0) is 6.18 Å². The highest BCUT2D eigenvalue weighted by Gasteiger charge is 2.30. The Hall–Kier alpha value is -2.35. The highest BCUT2D eigenvalue weighted by Crippen LogP contribution is 2.33. The maximum absolute atomic E-state index is 12.6. The van der Waals surface area contributed by atoms with E-state index >= 15 is 0 Å². The number of hydrazone groups is 1. The van der Waals surface area contributed by atoms with Gasteiger partial charge in [-0.1, -0.05) is 11.6 Å². The lowest BCUT2D eigenvalue weighted by molar-refractivity contribution is -0.137. The van der Waals surface area contributed by atoms with Crippen LogP contribution in [0, 0.1) is 0 Å². The Balaban J connectivity index is 2.06. The summed E-state index contributed by atoms with van der Waals surface area (Å²) < 4.78 is 66.1. The Morgan fingerprint density at radius 1 is 1.08 bits per heavy atom. The zero-order valence-corrected chi connectivity index (χ0v) is 12.6. The Kier molecular flexibility index (Phi) is 5.61. The summed E-state index contributed by atoms with van der Waals surface area (Å²) in [4.78, 5) is 0. The number of hydrogen-bond donors (Lipinski definition) is 1. The minimum absolute atomic E-state index is 0.0135. The molecule has 2 aromatic carbocycles. The number of nitrogens with one attached hydrogen (secondary N) is 1. The van der Waals surface area contributed by atoms with Gasteiger partial charge in [-0.25, -0.2) is 0 Å². The van der Waals surface area contributed by atoms with Crippen LogP contribution in [0.4, 0.5) is 27.6 Å². The molecule has 3 nitrogen and oxygen atoms in total. The molecule has 0 aliphatic heterocycles. The summed E-state index contributed by atoms with van der Waals surface area (Å²) in [7, 11) is 0. The first kappa shape index (κ1) is 18.0. The smallest absolute Gasteiger partial charge is 0.416 e. The first-order chi connectivity index (χ1) is 11.3. The van der Waals surface area contributed by atoms with Crippen molar-refractivity contribution < 1.29 is 26.7 Å². The standard InChI is InChI=1S/C15H10ClF5N2O/c16-12-6-3-10(15(19,20)21)7-13(12)23-22-8-9-1-4-11(5-2-9)24-14(17)18/h1-8,14,23H/b22-8+. The van der Waals surface area contributed by atoms with Gasteiger partial charge >= 0.3 is 12.8 Å². The van der Waals surface area contributed by atoms with Crippen LogP contribution in [0.25, 0.3) is 0 Å². The minimum atomic E-state index is -4.49. The summed E-state index contributed by atoms with van der Waals surface area (Å²) in [6.07, 6.45) is -3.20. The zero-order chi connectivity index (χ0) is 17.7. The molecule has 0 aromatic heterocycles. The van der Waals surface area contributed by atoms with E-state index in [1.54, 1.807) is 0 Å². The second-order valence-corrected chi connectivity index (χ2v) is 4.92. The van der Waals surface area contributed by atoms with Crippen molar-refractivity contribution in [3.8, 4) is 5.75 Å². The predicted octanol–water partition coefficient (Wildman–Crippen LogP) is 5.41. The van der Waals surface area contributed by atoms with Crippen LogP contribution < -0.4 is 10.2 Å². The second-order valence-electron chi connectivity index (χ2n) is 4.51. The number of alkyl halides is 5. The molecule has 0 unspecified atom stereocenters. The zero-order valence-electron chi connectivity index (χ0n) is 11.8. The average molecular weight is 365 g/mol. The van der Waals surface area contributed by atoms with E-state index in [-0.39, 0.29) is 16.5 Å². The van der Waals surface area contributed by atoms with Gasteiger partial charge in [-0.05, 0) is 48.0 Å². The van der Waals surface area contributed by atoms with Crippen LogP contribution >= 0.6 is 11.6 Å². The van der Waals surface area contributed by atoms with E-state index in [9.17, 15) is 22.0 Å². The third kappa shape index (κ3) is 5.09. The molecular formula is C15H10ClF5N2O. The minimum Gasteiger partial charge on any atom is -0.435 e. The van der Waals surface area contributed by atoms with Gasteiger partial charge in [0.05, 0.1) is 22.5 Å². The van der Waals surface area contributed by atoms with Crippen molar-refractivity contribution in [3.05, 3.63) is 58.6 Å². The van der Waals surface area contributed by atoms with Gasteiger partial charge in [0.15, 0.2) is 0 Å². The van der Waals surface area contributed by atoms with E-state index in [0.717, 1.165) is 18.2 Å². The van der Waals surface area contributed by atoms with Crippen LogP contribution in [0.3, 0.4) is 0 Å². The highest BCUT2D eigenvalue weighted by molar-refractivity contribution is 6.33. The molecule has 0 bridgehead atoms. The van der Waals surface area contributed by atoms with E-state index in [2.05, 4.69) is 15.3 Å². The molecule has 0 atom stereocenters. The molecule has 0 aliphatic rings. The maximum atomic E-state index is 12.6. The molecule has 0 fully saturated rings. The lowest BCUT2D eigenvalue weighted by atomic mass is 10.2. The number of nitrogens with zero attached hydrogens (tertiary/aromatic N) is 1. The van der Waals surface area contributed by atoms with Gasteiger partial charge in [0.2, 0.25) is 0 Å². The first-order valence-corrected chi connectivity index (χ1v) is 6.84. The van der Waals surface area contributed by atoms with E-state index in [4.69, 9.17) is 11.6 Å². The largest absolute Gasteiger partial charge is 0.435 e. The number of rotatable bonds is 5. The summed E-state index contributed by atoms with van der Waals surface area (Å²) >= 11 is 5.81. The molecule has 0 amide bonds. The van der Waals surface area contributed by atoms with Crippen molar-refractivity contribution in [2.45, 2.75) is 12.8 Å². The Morgan fingerprint density at radius 3 is 2.33 bits per heavy atom. The molecule has 0 aliphatic carbocycles. The summed E-state index contributed by atoms with van der Waals surface area (Å²) in [5, 5.41) is 3.84. The van der Waals surface area contributed by atoms with Crippen molar-refractivity contribution >= 4 is 23.5 Å². The highest BCUT2D eigenvalue weighted by atomic mass is 35.5. The third-order valence-corrected chi connectivity index (χ3v) is 3.13. The van der Waals surface area contributed by atoms with Crippen molar-refractivity contribution in [2.24, 2.45) is 5.10 Å². The van der Waals surface area contributed by atoms with Crippen LogP contribution in [0.1, 0.15) is 11.1 Å². The van der Waals surface area contributed by atoms with Crippen LogP contribution in [0.15, 0.2) is 47.6 Å². The number of benzene rings is 2. The number of ether oxygens (including phenoxy) is 1. The van der Waals surface area contributed by atoms with Gasteiger partial charge < -0.3 is 4.74 Å². The van der Waals surface area contributed by atoms with Gasteiger partial charge in [0.1, 0.15) is 5.75 Å². The molecule has 0 heterocycles. The molecule has 0 saturated carbocycles. The summed E-state index contributed by atoms with van der Waals surface area (Å²) in [5.74, 6) is -0.0176. The monoisotopic (exact) mass is 364 g/mol. The lowest BCUT2D eigenvalue weighted by Gasteiger charge is -2.09. The molecule has 0 radical (unpaired) electrons. The molecule has 0 spiro atoms. The van der Waals surface area contributed by atoms with Crippen LogP contribution in [-0.4, -0.2) is 12.8 Å². The SMILES string of the molecule is FC(F)Oc1ccc(/C=N/Nc2cc(C(F)(F)F)ccc2Cl)cc1. The lowest BCUT2D eigenvalue weighted by Crippen LogP contribution is -2.05. The van der Waals surface area contributed by atoms with E-state index in [1.165, 1.54) is 30.5 Å². The number of halogens is 6. The Labute approximate surface area is 138 Å². The molecule has 9 heteroatoms. The third-order valence-electron chi connectivity index (χ3n) is 2.80. The van der Waals surface area contributed by atoms with Crippen LogP contribution in [0.2, 0.25) is 5.02 Å². The average Bonchev–Trinajstić information content (AvgIpc) is 2.49. The number of hydrogen-bond acceptors (Lipinski definition) is 3. The fourth-order valence-electron chi connectivity index (χ4n) is 1.70. The Morgan fingerprint density at radius 2 is 1.75 bits per heavy atom. The molecule has 2 rings (SSSR count). The van der Waals surface area contributed by atoms with Gasteiger partial charge in [-0.15, -0.1) is 0 Å². The molecule has 24 heavy (non-hydrogen) atoms. The van der Waals surface area contributed by atoms with Gasteiger partial charge in [-0.3, -0.25) is 5.43 Å². The van der Waals surface area contributed by atoms with Gasteiger partial charge in [0.25, 0.3) is 0 Å². The molecular weight excluding hydrogens is 355 g/mol. The quantitative estimate of drug-likeness (QED) is 0.437. The van der Waals surface area contributed by atoms with Gasteiger partial charge in [-0.2, -0.15) is 27.1 Å². The summed E-state index contributed by atoms with van der Waals surface area (Å²) in [5.41, 5.74) is 2.05. The Bertz CT molecular complexity index is 717. The predicted molar refractivity (Wildman–Crippen MR) is 80.7 cm³/mol. The van der Waals surface area contributed by atoms with Crippen molar-refractivity contribution in [1.82, 2.24) is 0 Å². The second kappa shape index (κ2) is 7.48. The molecule has 0 saturated heterocycles. The van der Waals surface area contributed by atoms with Gasteiger partial charge in [0, 0.05) is 0 Å². The first-order valence-electron chi connectivity index (χ1n) is 6.46. The maximum Gasteiger partial charge on any atom is 0.416 e. The normalized spacial score (nSPS) is 12.0.